The summed E-state index contributed by atoms with van der Waals surface area (Å²) in [5, 5.41) is 3.75. The third kappa shape index (κ3) is 3.21. The van der Waals surface area contributed by atoms with Crippen LogP contribution in [-0.4, -0.2) is 49.3 Å². The minimum Gasteiger partial charge on any atom is -0.272 e. The van der Waals surface area contributed by atoms with E-state index < -0.39 is 39.3 Å². The second-order valence-electron chi connectivity index (χ2n) is 3.90. The summed E-state index contributed by atoms with van der Waals surface area (Å²) in [6, 6.07) is 0. The summed E-state index contributed by atoms with van der Waals surface area (Å²) in [5.74, 6) is -2.72. The van der Waals surface area contributed by atoms with Gasteiger partial charge >= 0.3 is 6.18 Å². The van der Waals surface area contributed by atoms with E-state index in [1.807, 2.05) is 0 Å². The maximum atomic E-state index is 12.5. The highest BCUT2D eigenvalue weighted by Crippen LogP contribution is 2.28. The van der Waals surface area contributed by atoms with E-state index in [4.69, 9.17) is 0 Å². The van der Waals surface area contributed by atoms with E-state index in [2.05, 4.69) is 5.10 Å². The van der Waals surface area contributed by atoms with Crippen LogP contribution in [0.15, 0.2) is 5.10 Å². The van der Waals surface area contributed by atoms with Crippen molar-refractivity contribution in [3.63, 3.8) is 0 Å². The number of carbonyl (C=O) groups is 1. The third-order valence-electron chi connectivity index (χ3n) is 2.61. The Labute approximate surface area is 103 Å². The van der Waals surface area contributed by atoms with Gasteiger partial charge in [-0.3, -0.25) is 4.79 Å². The van der Waals surface area contributed by atoms with Crippen LogP contribution in [0.25, 0.3) is 0 Å². The molecule has 1 aliphatic rings. The van der Waals surface area contributed by atoms with Gasteiger partial charge in [-0.2, -0.15) is 18.3 Å². The first-order valence-electron chi connectivity index (χ1n) is 5.26. The van der Waals surface area contributed by atoms with Crippen molar-refractivity contribution in [2.24, 2.45) is 11.0 Å². The Kier molecular flexibility index (Phi) is 4.04. The minimum atomic E-state index is -4.67. The molecule has 1 aliphatic heterocycles. The fourth-order valence-electron chi connectivity index (χ4n) is 1.44. The molecule has 0 spiro atoms. The van der Waals surface area contributed by atoms with Gasteiger partial charge in [0.1, 0.15) is 0 Å². The van der Waals surface area contributed by atoms with E-state index in [1.165, 1.54) is 6.92 Å². The number of nitrogens with zero attached hydrogens (tertiary/aromatic N) is 2. The molecule has 5 nitrogen and oxygen atoms in total. The number of carbonyl (C=O) groups excluding carboxylic acids is 1. The molecule has 1 heterocycles. The standard InChI is InChI=1S/C9H13F3N2O3S/c1-3-18(16,17)5-4-14-8(15)6(2)7(13-14)9(10,11)12/h6H,3-5H2,1-2H3. The zero-order chi connectivity index (χ0) is 14.1. The average Bonchev–Trinajstić information content (AvgIpc) is 2.53. The van der Waals surface area contributed by atoms with Crippen LogP contribution < -0.4 is 0 Å². The molecule has 9 heteroatoms. The Morgan fingerprint density at radius 1 is 1.39 bits per heavy atom. The lowest BCUT2D eigenvalue weighted by molar-refractivity contribution is -0.131. The van der Waals surface area contributed by atoms with Gasteiger partial charge in [0, 0.05) is 5.75 Å². The molecular formula is C9H13F3N2O3S. The molecule has 104 valence electrons. The first kappa shape index (κ1) is 14.9. The van der Waals surface area contributed by atoms with Crippen molar-refractivity contribution >= 4 is 21.5 Å². The number of hydrogen-bond acceptors (Lipinski definition) is 4. The van der Waals surface area contributed by atoms with Crippen molar-refractivity contribution in [1.82, 2.24) is 5.01 Å². The number of amides is 1. The van der Waals surface area contributed by atoms with E-state index >= 15 is 0 Å². The van der Waals surface area contributed by atoms with E-state index in [0.717, 1.165) is 6.92 Å². The summed E-state index contributed by atoms with van der Waals surface area (Å²) < 4.78 is 59.8. The van der Waals surface area contributed by atoms with Crippen LogP contribution in [0.4, 0.5) is 13.2 Å². The second kappa shape index (κ2) is 4.87. The van der Waals surface area contributed by atoms with Gasteiger partial charge in [0.15, 0.2) is 15.5 Å². The summed E-state index contributed by atoms with van der Waals surface area (Å²) in [6.45, 7) is 2.18. The summed E-state index contributed by atoms with van der Waals surface area (Å²) in [7, 11) is -3.35. The molecule has 1 amide bonds. The SMILES string of the molecule is CCS(=O)(=O)CCN1N=C(C(F)(F)F)C(C)C1=O. The van der Waals surface area contributed by atoms with Crippen LogP contribution >= 0.6 is 0 Å². The molecule has 1 unspecified atom stereocenters. The molecule has 1 atom stereocenters. The average molecular weight is 286 g/mol. The molecule has 0 N–H and O–H groups in total. The molecule has 0 saturated carbocycles. The van der Waals surface area contributed by atoms with E-state index in [1.54, 1.807) is 0 Å². The highest BCUT2D eigenvalue weighted by Gasteiger charge is 2.47. The molecule has 0 aromatic carbocycles. The number of rotatable bonds is 4. The molecule has 0 aromatic heterocycles. The van der Waals surface area contributed by atoms with Crippen LogP contribution in [0.1, 0.15) is 13.8 Å². The summed E-state index contributed by atoms with van der Waals surface area (Å²) >= 11 is 0. The van der Waals surface area contributed by atoms with Crippen molar-refractivity contribution in [3.05, 3.63) is 0 Å². The zero-order valence-electron chi connectivity index (χ0n) is 9.86. The predicted octanol–water partition coefficient (Wildman–Crippen LogP) is 0.818. The lowest BCUT2D eigenvalue weighted by Gasteiger charge is -2.11. The molecular weight excluding hydrogens is 273 g/mol. The minimum absolute atomic E-state index is 0.125. The van der Waals surface area contributed by atoms with Crippen molar-refractivity contribution < 1.29 is 26.4 Å². The molecule has 1 rings (SSSR count). The highest BCUT2D eigenvalue weighted by atomic mass is 32.2. The van der Waals surface area contributed by atoms with E-state index in [9.17, 15) is 26.4 Å². The fraction of sp³-hybridized carbons (Fsp3) is 0.778. The Hall–Kier alpha value is -1.12. The largest absolute Gasteiger partial charge is 0.431 e. The summed E-state index contributed by atoms with van der Waals surface area (Å²) in [5.41, 5.74) is -1.18. The van der Waals surface area contributed by atoms with Crippen LogP contribution in [0.3, 0.4) is 0 Å². The van der Waals surface area contributed by atoms with E-state index in [0.29, 0.717) is 5.01 Å². The van der Waals surface area contributed by atoms with Crippen molar-refractivity contribution in [2.45, 2.75) is 20.0 Å². The van der Waals surface area contributed by atoms with Crippen LogP contribution in [0, 0.1) is 5.92 Å². The van der Waals surface area contributed by atoms with Gasteiger partial charge in [0.05, 0.1) is 18.2 Å². The highest BCUT2D eigenvalue weighted by molar-refractivity contribution is 7.91. The number of hydrazone groups is 1. The zero-order valence-corrected chi connectivity index (χ0v) is 10.7. The van der Waals surface area contributed by atoms with Gasteiger partial charge in [0.2, 0.25) is 0 Å². The number of sulfone groups is 1. The van der Waals surface area contributed by atoms with Gasteiger partial charge in [0.25, 0.3) is 5.91 Å². The smallest absolute Gasteiger partial charge is 0.272 e. The number of alkyl halides is 3. The molecule has 0 aliphatic carbocycles. The third-order valence-corrected chi connectivity index (χ3v) is 4.29. The van der Waals surface area contributed by atoms with Crippen molar-refractivity contribution in [2.75, 3.05) is 18.1 Å². The lowest BCUT2D eigenvalue weighted by atomic mass is 10.1. The second-order valence-corrected chi connectivity index (χ2v) is 6.38. The first-order valence-corrected chi connectivity index (χ1v) is 7.08. The molecule has 0 aromatic rings. The maximum Gasteiger partial charge on any atom is 0.431 e. The fourth-order valence-corrected chi connectivity index (χ4v) is 2.18. The normalized spacial score (nSPS) is 21.4. The van der Waals surface area contributed by atoms with Gasteiger partial charge in [-0.1, -0.05) is 6.92 Å². The molecule has 0 bridgehead atoms. The topological polar surface area (TPSA) is 66.8 Å². The van der Waals surface area contributed by atoms with Crippen molar-refractivity contribution in [1.29, 1.82) is 0 Å². The van der Waals surface area contributed by atoms with E-state index in [-0.39, 0.29) is 12.3 Å². The first-order chi connectivity index (χ1) is 8.08. The Bertz CT molecular complexity index is 470. The van der Waals surface area contributed by atoms with Gasteiger partial charge < -0.3 is 0 Å². The van der Waals surface area contributed by atoms with Crippen LogP contribution in [0.5, 0.6) is 0 Å². The van der Waals surface area contributed by atoms with Gasteiger partial charge in [-0.25, -0.2) is 13.4 Å². The lowest BCUT2D eigenvalue weighted by Crippen LogP contribution is -2.32. The van der Waals surface area contributed by atoms with Crippen LogP contribution in [-0.2, 0) is 14.6 Å². The van der Waals surface area contributed by atoms with Gasteiger partial charge in [-0.15, -0.1) is 0 Å². The Morgan fingerprint density at radius 3 is 2.33 bits per heavy atom. The molecule has 18 heavy (non-hydrogen) atoms. The van der Waals surface area contributed by atoms with Gasteiger partial charge in [-0.05, 0) is 6.92 Å². The summed E-state index contributed by atoms with van der Waals surface area (Å²) in [6.07, 6.45) is -4.67. The maximum absolute atomic E-state index is 12.5. The Morgan fingerprint density at radius 2 is 1.94 bits per heavy atom. The molecule has 0 fully saturated rings. The van der Waals surface area contributed by atoms with Crippen LogP contribution in [0.2, 0.25) is 0 Å². The monoisotopic (exact) mass is 286 g/mol. The summed E-state index contributed by atoms with van der Waals surface area (Å²) in [4.78, 5) is 11.5. The number of hydrogen-bond donors (Lipinski definition) is 0. The number of halogens is 3. The molecule has 0 radical (unpaired) electrons. The van der Waals surface area contributed by atoms with Crippen molar-refractivity contribution in [3.8, 4) is 0 Å². The Balaban J connectivity index is 2.80. The quantitative estimate of drug-likeness (QED) is 0.768. The predicted molar refractivity (Wildman–Crippen MR) is 58.7 cm³/mol. The molecule has 0 saturated heterocycles.